The van der Waals surface area contributed by atoms with Crippen LogP contribution in [0.15, 0.2) is 24.3 Å². The Morgan fingerprint density at radius 2 is 1.77 bits per heavy atom. The molecule has 0 radical (unpaired) electrons. The van der Waals surface area contributed by atoms with Crippen LogP contribution in [0.5, 0.6) is 11.5 Å². The summed E-state index contributed by atoms with van der Waals surface area (Å²) in [5, 5.41) is 3.08. The van der Waals surface area contributed by atoms with Crippen LogP contribution in [0, 0.1) is 5.41 Å². The van der Waals surface area contributed by atoms with Gasteiger partial charge in [-0.3, -0.25) is 9.59 Å². The summed E-state index contributed by atoms with van der Waals surface area (Å²) >= 11 is 0. The highest BCUT2D eigenvalue weighted by Gasteiger charge is 2.25. The number of piperidine rings is 1. The smallest absolute Gasteiger partial charge is 0.260 e. The molecule has 1 aromatic rings. The lowest BCUT2D eigenvalue weighted by molar-refractivity contribution is -0.134. The summed E-state index contributed by atoms with van der Waals surface area (Å²) in [6.07, 6.45) is 2.06. The van der Waals surface area contributed by atoms with Crippen molar-refractivity contribution in [2.45, 2.75) is 46.1 Å². The minimum Gasteiger partial charge on any atom is -0.493 e. The van der Waals surface area contributed by atoms with Gasteiger partial charge < -0.3 is 19.7 Å². The molecule has 1 fully saturated rings. The Balaban J connectivity index is 1.75. The standard InChI is InChI=1S/C20H30N2O4/c1-20(2,3)13-18(23)21-15-9-11-22(12-10-15)19(24)14-26-17-8-6-5-7-16(17)25-4/h5-8,15H,9-14H2,1-4H3,(H,21,23). The van der Waals surface area contributed by atoms with Crippen LogP contribution in [-0.2, 0) is 9.59 Å². The highest BCUT2D eigenvalue weighted by molar-refractivity contribution is 5.78. The van der Waals surface area contributed by atoms with E-state index in [0.29, 0.717) is 31.0 Å². The first-order chi connectivity index (χ1) is 12.3. The van der Waals surface area contributed by atoms with Gasteiger partial charge in [0.2, 0.25) is 5.91 Å². The average molecular weight is 362 g/mol. The highest BCUT2D eigenvalue weighted by atomic mass is 16.5. The van der Waals surface area contributed by atoms with Gasteiger partial charge in [0.05, 0.1) is 7.11 Å². The van der Waals surface area contributed by atoms with E-state index in [9.17, 15) is 9.59 Å². The van der Waals surface area contributed by atoms with Gasteiger partial charge in [-0.2, -0.15) is 0 Å². The molecule has 0 aliphatic carbocycles. The largest absolute Gasteiger partial charge is 0.493 e. The first kappa shape index (κ1) is 20.1. The molecule has 1 N–H and O–H groups in total. The van der Waals surface area contributed by atoms with Crippen molar-refractivity contribution in [1.82, 2.24) is 10.2 Å². The van der Waals surface area contributed by atoms with Gasteiger partial charge in [0, 0.05) is 25.6 Å². The summed E-state index contributed by atoms with van der Waals surface area (Å²) < 4.78 is 10.8. The third-order valence-electron chi connectivity index (χ3n) is 4.32. The van der Waals surface area contributed by atoms with Crippen molar-refractivity contribution in [3.8, 4) is 11.5 Å². The first-order valence-corrected chi connectivity index (χ1v) is 9.11. The van der Waals surface area contributed by atoms with Gasteiger partial charge in [-0.1, -0.05) is 32.9 Å². The summed E-state index contributed by atoms with van der Waals surface area (Å²) in [6.45, 7) is 7.41. The van der Waals surface area contributed by atoms with Crippen molar-refractivity contribution < 1.29 is 19.1 Å². The second-order valence-corrected chi connectivity index (χ2v) is 7.90. The van der Waals surface area contributed by atoms with Crippen molar-refractivity contribution in [2.75, 3.05) is 26.8 Å². The topological polar surface area (TPSA) is 67.9 Å². The third-order valence-corrected chi connectivity index (χ3v) is 4.32. The zero-order valence-corrected chi connectivity index (χ0v) is 16.2. The lowest BCUT2D eigenvalue weighted by Gasteiger charge is -2.33. The van der Waals surface area contributed by atoms with E-state index in [4.69, 9.17) is 9.47 Å². The predicted molar refractivity (Wildman–Crippen MR) is 100 cm³/mol. The molecule has 6 heteroatoms. The number of hydrogen-bond acceptors (Lipinski definition) is 4. The van der Waals surface area contributed by atoms with Crippen molar-refractivity contribution in [2.24, 2.45) is 5.41 Å². The quantitative estimate of drug-likeness (QED) is 0.845. The molecule has 0 bridgehead atoms. The van der Waals surface area contributed by atoms with E-state index in [-0.39, 0.29) is 29.9 Å². The van der Waals surface area contributed by atoms with Crippen LogP contribution in [-0.4, -0.2) is 49.6 Å². The fourth-order valence-corrected chi connectivity index (χ4v) is 3.00. The molecule has 6 nitrogen and oxygen atoms in total. The van der Waals surface area contributed by atoms with Crippen molar-refractivity contribution in [1.29, 1.82) is 0 Å². The minimum atomic E-state index is -0.0459. The minimum absolute atomic E-state index is 0.0125. The fraction of sp³-hybridized carbons (Fsp3) is 0.600. The van der Waals surface area contributed by atoms with Gasteiger partial charge in [-0.05, 0) is 30.4 Å². The number of hydrogen-bond donors (Lipinski definition) is 1. The molecule has 1 heterocycles. The van der Waals surface area contributed by atoms with E-state index in [1.54, 1.807) is 24.1 Å². The van der Waals surface area contributed by atoms with Gasteiger partial charge in [0.25, 0.3) is 5.91 Å². The second-order valence-electron chi connectivity index (χ2n) is 7.90. The van der Waals surface area contributed by atoms with Crippen LogP contribution in [0.2, 0.25) is 0 Å². The zero-order chi connectivity index (χ0) is 19.2. The molecule has 0 unspecified atom stereocenters. The van der Waals surface area contributed by atoms with Crippen molar-refractivity contribution >= 4 is 11.8 Å². The maximum Gasteiger partial charge on any atom is 0.260 e. The number of benzene rings is 1. The molecule has 0 spiro atoms. The van der Waals surface area contributed by atoms with Crippen molar-refractivity contribution in [3.05, 3.63) is 24.3 Å². The van der Waals surface area contributed by atoms with Crippen LogP contribution in [0.4, 0.5) is 0 Å². The Morgan fingerprint density at radius 1 is 1.15 bits per heavy atom. The van der Waals surface area contributed by atoms with Gasteiger partial charge in [0.1, 0.15) is 0 Å². The molecule has 1 aliphatic heterocycles. The second kappa shape index (κ2) is 8.92. The number of rotatable bonds is 6. The van der Waals surface area contributed by atoms with E-state index >= 15 is 0 Å². The van der Waals surface area contributed by atoms with Crippen molar-refractivity contribution in [3.63, 3.8) is 0 Å². The third kappa shape index (κ3) is 6.24. The van der Waals surface area contributed by atoms with Gasteiger partial charge >= 0.3 is 0 Å². The number of amides is 2. The number of carbonyl (C=O) groups is 2. The Kier molecular flexibility index (Phi) is 6.89. The number of nitrogens with zero attached hydrogens (tertiary/aromatic N) is 1. The van der Waals surface area contributed by atoms with E-state index in [2.05, 4.69) is 26.1 Å². The van der Waals surface area contributed by atoms with Gasteiger partial charge in [-0.25, -0.2) is 0 Å². The number of likely N-dealkylation sites (tertiary alicyclic amines) is 1. The van der Waals surface area contributed by atoms with Crippen LogP contribution >= 0.6 is 0 Å². The normalized spacial score (nSPS) is 15.5. The molecule has 1 aliphatic rings. The highest BCUT2D eigenvalue weighted by Crippen LogP contribution is 2.26. The molecule has 0 saturated carbocycles. The number of nitrogens with one attached hydrogen (secondary N) is 1. The SMILES string of the molecule is COc1ccccc1OCC(=O)N1CCC(NC(=O)CC(C)(C)C)CC1. The molecule has 2 amide bonds. The molecule has 1 saturated heterocycles. The molecular weight excluding hydrogens is 332 g/mol. The number of carbonyl (C=O) groups excluding carboxylic acids is 2. The Morgan fingerprint density at radius 3 is 2.35 bits per heavy atom. The molecule has 144 valence electrons. The summed E-state index contributed by atoms with van der Waals surface area (Å²) in [4.78, 5) is 26.2. The molecule has 1 aromatic carbocycles. The number of ether oxygens (including phenoxy) is 2. The summed E-state index contributed by atoms with van der Waals surface area (Å²) in [5.41, 5.74) is -0.0173. The van der Waals surface area contributed by atoms with Gasteiger partial charge in [0.15, 0.2) is 18.1 Å². The molecule has 26 heavy (non-hydrogen) atoms. The van der Waals surface area contributed by atoms with Crippen LogP contribution in [0.3, 0.4) is 0 Å². The van der Waals surface area contributed by atoms with E-state index in [1.165, 1.54) is 0 Å². The van der Waals surface area contributed by atoms with Crippen LogP contribution < -0.4 is 14.8 Å². The van der Waals surface area contributed by atoms with Gasteiger partial charge in [-0.15, -0.1) is 0 Å². The maximum absolute atomic E-state index is 12.4. The lowest BCUT2D eigenvalue weighted by Crippen LogP contribution is -2.48. The van der Waals surface area contributed by atoms with E-state index in [1.807, 2.05) is 12.1 Å². The fourth-order valence-electron chi connectivity index (χ4n) is 3.00. The van der Waals surface area contributed by atoms with Crippen LogP contribution in [0.1, 0.15) is 40.0 Å². The molecule has 0 aromatic heterocycles. The van der Waals surface area contributed by atoms with E-state index in [0.717, 1.165) is 12.8 Å². The maximum atomic E-state index is 12.4. The predicted octanol–water partition coefficient (Wildman–Crippen LogP) is 2.62. The van der Waals surface area contributed by atoms with E-state index < -0.39 is 0 Å². The van der Waals surface area contributed by atoms with Crippen LogP contribution in [0.25, 0.3) is 0 Å². The first-order valence-electron chi connectivity index (χ1n) is 9.11. The number of para-hydroxylation sites is 2. The zero-order valence-electron chi connectivity index (χ0n) is 16.2. The summed E-state index contributed by atoms with van der Waals surface area (Å²) in [5.74, 6) is 1.21. The Labute approximate surface area is 155 Å². The average Bonchev–Trinajstić information content (AvgIpc) is 2.58. The summed E-state index contributed by atoms with van der Waals surface area (Å²) in [6, 6.07) is 7.42. The Hall–Kier alpha value is -2.24. The number of methoxy groups -OCH3 is 1. The monoisotopic (exact) mass is 362 g/mol. The molecular formula is C20H30N2O4. The lowest BCUT2D eigenvalue weighted by atomic mass is 9.91. The Bertz CT molecular complexity index is 616. The summed E-state index contributed by atoms with van der Waals surface area (Å²) in [7, 11) is 1.57. The molecule has 2 rings (SSSR count). The molecule has 0 atom stereocenters.